The SMILES string of the molecule is Cc1ccc(C)c(Oc2ccc(CNC(=O)Cc3ccc(OCc4c(C)noc4C)cc3)cn2)c1. The summed E-state index contributed by atoms with van der Waals surface area (Å²) in [6.07, 6.45) is 2.00. The van der Waals surface area contributed by atoms with E-state index in [1.807, 2.05) is 82.3 Å². The number of rotatable bonds is 9. The fourth-order valence-corrected chi connectivity index (χ4v) is 3.52. The number of aryl methyl sites for hydroxylation is 4. The molecule has 7 heteroatoms. The van der Waals surface area contributed by atoms with Gasteiger partial charge in [0.05, 0.1) is 17.7 Å². The molecule has 1 N–H and O–H groups in total. The van der Waals surface area contributed by atoms with Crippen LogP contribution in [-0.2, 0) is 24.4 Å². The Morgan fingerprint density at radius 1 is 0.971 bits per heavy atom. The van der Waals surface area contributed by atoms with Gasteiger partial charge in [-0.15, -0.1) is 0 Å². The number of ether oxygens (including phenoxy) is 2. The number of carbonyl (C=O) groups excluding carboxylic acids is 1. The molecule has 2 aromatic heterocycles. The minimum absolute atomic E-state index is 0.0647. The van der Waals surface area contributed by atoms with E-state index in [1.165, 1.54) is 0 Å². The molecule has 0 aliphatic rings. The summed E-state index contributed by atoms with van der Waals surface area (Å²) >= 11 is 0. The highest BCUT2D eigenvalue weighted by atomic mass is 16.5. The van der Waals surface area contributed by atoms with E-state index in [4.69, 9.17) is 14.0 Å². The Hall–Kier alpha value is -4.13. The molecule has 0 aliphatic carbocycles. The van der Waals surface area contributed by atoms with E-state index in [0.29, 0.717) is 19.0 Å². The fourth-order valence-electron chi connectivity index (χ4n) is 3.52. The number of benzene rings is 2. The van der Waals surface area contributed by atoms with Crippen molar-refractivity contribution in [1.82, 2.24) is 15.5 Å². The van der Waals surface area contributed by atoms with Gasteiger partial charge >= 0.3 is 0 Å². The number of aromatic nitrogens is 2. The topological polar surface area (TPSA) is 86.5 Å². The molecule has 0 radical (unpaired) electrons. The first-order valence-corrected chi connectivity index (χ1v) is 11.5. The van der Waals surface area contributed by atoms with Gasteiger partial charge < -0.3 is 19.3 Å². The Bertz CT molecular complexity index is 1280. The molecule has 7 nitrogen and oxygen atoms in total. The minimum Gasteiger partial charge on any atom is -0.489 e. The van der Waals surface area contributed by atoms with E-state index in [0.717, 1.165) is 50.8 Å². The normalized spacial score (nSPS) is 10.7. The minimum atomic E-state index is -0.0647. The first-order chi connectivity index (χ1) is 16.9. The van der Waals surface area contributed by atoms with Crippen molar-refractivity contribution >= 4 is 5.91 Å². The lowest BCUT2D eigenvalue weighted by Gasteiger charge is -2.10. The first-order valence-electron chi connectivity index (χ1n) is 11.5. The van der Waals surface area contributed by atoms with Crippen LogP contribution in [0.2, 0.25) is 0 Å². The molecule has 0 atom stereocenters. The van der Waals surface area contributed by atoms with Crippen LogP contribution in [0.1, 0.15) is 39.3 Å². The van der Waals surface area contributed by atoms with Crippen LogP contribution in [-0.4, -0.2) is 16.0 Å². The molecule has 4 aromatic rings. The van der Waals surface area contributed by atoms with Crippen molar-refractivity contribution in [2.75, 3.05) is 0 Å². The zero-order valence-corrected chi connectivity index (χ0v) is 20.4. The number of amides is 1. The molecule has 0 spiro atoms. The molecule has 0 saturated heterocycles. The molecule has 0 unspecified atom stereocenters. The maximum Gasteiger partial charge on any atom is 0.224 e. The summed E-state index contributed by atoms with van der Waals surface area (Å²) in [5, 5.41) is 6.87. The van der Waals surface area contributed by atoms with Gasteiger partial charge in [0, 0.05) is 18.8 Å². The van der Waals surface area contributed by atoms with Crippen LogP contribution in [0.4, 0.5) is 0 Å². The highest BCUT2D eigenvalue weighted by Crippen LogP contribution is 2.24. The summed E-state index contributed by atoms with van der Waals surface area (Å²) in [5.74, 6) is 2.73. The van der Waals surface area contributed by atoms with Crippen LogP contribution >= 0.6 is 0 Å². The summed E-state index contributed by atoms with van der Waals surface area (Å²) in [6.45, 7) is 8.57. The molecule has 0 aliphatic heterocycles. The molecule has 2 heterocycles. The average Bonchev–Trinajstić information content (AvgIpc) is 3.17. The highest BCUT2D eigenvalue weighted by Gasteiger charge is 2.10. The summed E-state index contributed by atoms with van der Waals surface area (Å²) in [5.41, 5.74) is 5.76. The Morgan fingerprint density at radius 2 is 1.74 bits per heavy atom. The van der Waals surface area contributed by atoms with Crippen LogP contribution in [0.25, 0.3) is 0 Å². The predicted molar refractivity (Wildman–Crippen MR) is 133 cm³/mol. The monoisotopic (exact) mass is 471 g/mol. The molecule has 0 saturated carbocycles. The maximum atomic E-state index is 12.4. The van der Waals surface area contributed by atoms with Crippen molar-refractivity contribution in [3.63, 3.8) is 0 Å². The van der Waals surface area contributed by atoms with Crippen LogP contribution in [0, 0.1) is 27.7 Å². The lowest BCUT2D eigenvalue weighted by atomic mass is 10.1. The quantitative estimate of drug-likeness (QED) is 0.345. The van der Waals surface area contributed by atoms with E-state index in [-0.39, 0.29) is 12.3 Å². The van der Waals surface area contributed by atoms with Gasteiger partial charge in [0.1, 0.15) is 23.9 Å². The molecule has 35 heavy (non-hydrogen) atoms. The summed E-state index contributed by atoms with van der Waals surface area (Å²) in [6, 6.07) is 17.3. The van der Waals surface area contributed by atoms with Crippen molar-refractivity contribution in [3.8, 4) is 17.4 Å². The standard InChI is InChI=1S/C28H29N3O4/c1-18-5-6-19(2)26(13-18)34-28-12-9-23(16-30-28)15-29-27(32)14-22-7-10-24(11-8-22)33-17-25-20(3)31-35-21(25)4/h5-13,16H,14-15,17H2,1-4H3,(H,29,32). The van der Waals surface area contributed by atoms with Crippen molar-refractivity contribution in [3.05, 3.63) is 100 Å². The number of hydrogen-bond acceptors (Lipinski definition) is 6. The summed E-state index contributed by atoms with van der Waals surface area (Å²) in [7, 11) is 0. The van der Waals surface area contributed by atoms with E-state index in [9.17, 15) is 4.79 Å². The first kappa shape index (κ1) is 24.0. The average molecular weight is 472 g/mol. The predicted octanol–water partition coefficient (Wildman–Crippen LogP) is 5.53. The van der Waals surface area contributed by atoms with Crippen molar-refractivity contribution in [2.24, 2.45) is 0 Å². The van der Waals surface area contributed by atoms with Crippen molar-refractivity contribution in [1.29, 1.82) is 0 Å². The second kappa shape index (κ2) is 10.9. The third-order valence-corrected chi connectivity index (χ3v) is 5.70. The molecule has 0 fully saturated rings. The van der Waals surface area contributed by atoms with Gasteiger partial charge in [0.15, 0.2) is 0 Å². The van der Waals surface area contributed by atoms with Gasteiger partial charge in [0.2, 0.25) is 11.8 Å². The number of pyridine rings is 1. The summed E-state index contributed by atoms with van der Waals surface area (Å²) < 4.78 is 16.9. The van der Waals surface area contributed by atoms with Crippen molar-refractivity contribution in [2.45, 2.75) is 47.3 Å². The zero-order chi connectivity index (χ0) is 24.8. The highest BCUT2D eigenvalue weighted by molar-refractivity contribution is 5.78. The van der Waals surface area contributed by atoms with E-state index < -0.39 is 0 Å². The van der Waals surface area contributed by atoms with E-state index in [2.05, 4.69) is 15.5 Å². The number of hydrogen-bond donors (Lipinski definition) is 1. The second-order valence-corrected chi connectivity index (χ2v) is 8.56. The molecule has 4 rings (SSSR count). The van der Waals surface area contributed by atoms with Crippen LogP contribution in [0.3, 0.4) is 0 Å². The van der Waals surface area contributed by atoms with Crippen molar-refractivity contribution < 1.29 is 18.8 Å². The Kier molecular flexibility index (Phi) is 7.45. The Labute approximate surface area is 205 Å². The van der Waals surface area contributed by atoms with Crippen LogP contribution in [0.15, 0.2) is 65.3 Å². The van der Waals surface area contributed by atoms with Crippen LogP contribution in [0.5, 0.6) is 17.4 Å². The summed E-state index contributed by atoms with van der Waals surface area (Å²) in [4.78, 5) is 16.8. The Balaban J connectivity index is 1.24. The second-order valence-electron chi connectivity index (χ2n) is 8.56. The number of carbonyl (C=O) groups is 1. The molecule has 2 aromatic carbocycles. The smallest absolute Gasteiger partial charge is 0.224 e. The molecular formula is C28H29N3O4. The fraction of sp³-hybridized carbons (Fsp3) is 0.250. The molecule has 180 valence electrons. The zero-order valence-electron chi connectivity index (χ0n) is 20.4. The lowest BCUT2D eigenvalue weighted by Crippen LogP contribution is -2.24. The maximum absolute atomic E-state index is 12.4. The van der Waals surface area contributed by atoms with Gasteiger partial charge in [0.25, 0.3) is 0 Å². The van der Waals surface area contributed by atoms with Gasteiger partial charge in [-0.25, -0.2) is 4.98 Å². The molecule has 1 amide bonds. The lowest BCUT2D eigenvalue weighted by molar-refractivity contribution is -0.120. The Morgan fingerprint density at radius 3 is 2.43 bits per heavy atom. The van der Waals surface area contributed by atoms with E-state index >= 15 is 0 Å². The molecular weight excluding hydrogens is 442 g/mol. The third-order valence-electron chi connectivity index (χ3n) is 5.70. The largest absolute Gasteiger partial charge is 0.489 e. The third kappa shape index (κ3) is 6.47. The van der Waals surface area contributed by atoms with Gasteiger partial charge in [-0.1, -0.05) is 35.5 Å². The van der Waals surface area contributed by atoms with Crippen LogP contribution < -0.4 is 14.8 Å². The number of nitrogens with one attached hydrogen (secondary N) is 1. The van der Waals surface area contributed by atoms with E-state index in [1.54, 1.807) is 6.20 Å². The van der Waals surface area contributed by atoms with Gasteiger partial charge in [-0.3, -0.25) is 4.79 Å². The van der Waals surface area contributed by atoms with Gasteiger partial charge in [-0.2, -0.15) is 0 Å². The number of nitrogens with zero attached hydrogens (tertiary/aromatic N) is 2. The molecule has 0 bridgehead atoms. The van der Waals surface area contributed by atoms with Gasteiger partial charge in [-0.05, 0) is 68.1 Å².